The van der Waals surface area contributed by atoms with Crippen LogP contribution in [0.5, 0.6) is 0 Å². The van der Waals surface area contributed by atoms with Gasteiger partial charge in [0.25, 0.3) is 0 Å². The first kappa shape index (κ1) is 13.9. The first-order valence-electron chi connectivity index (χ1n) is 7.76. The minimum Gasteiger partial charge on any atom is -0.365 e. The number of hydrogen-bond acceptors (Lipinski definition) is 7. The molecule has 118 valence electrons. The number of rotatable bonds is 5. The Hall–Kier alpha value is -2.77. The molecule has 0 aliphatic heterocycles. The van der Waals surface area contributed by atoms with Gasteiger partial charge in [-0.05, 0) is 32.8 Å². The van der Waals surface area contributed by atoms with E-state index in [1.165, 1.54) is 12.8 Å². The highest BCUT2D eigenvalue weighted by atomic mass is 15.3. The van der Waals surface area contributed by atoms with E-state index < -0.39 is 0 Å². The minimum atomic E-state index is 0.268. The van der Waals surface area contributed by atoms with Crippen molar-refractivity contribution in [3.8, 4) is 0 Å². The summed E-state index contributed by atoms with van der Waals surface area (Å²) in [6, 6.07) is 2.52. The number of fused-ring (bicyclic) bond motifs is 1. The van der Waals surface area contributed by atoms with Crippen molar-refractivity contribution in [2.45, 2.75) is 38.8 Å². The van der Waals surface area contributed by atoms with Crippen molar-refractivity contribution in [3.63, 3.8) is 0 Å². The summed E-state index contributed by atoms with van der Waals surface area (Å²) in [5, 5.41) is 6.49. The maximum absolute atomic E-state index is 4.60. The van der Waals surface area contributed by atoms with Crippen molar-refractivity contribution in [2.75, 3.05) is 10.6 Å². The monoisotopic (exact) mass is 310 g/mol. The molecule has 8 nitrogen and oxygen atoms in total. The molecule has 3 heterocycles. The molecule has 8 heteroatoms. The van der Waals surface area contributed by atoms with Gasteiger partial charge in [0.2, 0.25) is 11.9 Å². The van der Waals surface area contributed by atoms with Gasteiger partial charge in [0.15, 0.2) is 17.0 Å². The largest absolute Gasteiger partial charge is 0.365 e. The van der Waals surface area contributed by atoms with Gasteiger partial charge < -0.3 is 9.88 Å². The van der Waals surface area contributed by atoms with Crippen LogP contribution in [0.25, 0.3) is 11.2 Å². The highest BCUT2D eigenvalue weighted by Crippen LogP contribution is 2.29. The molecule has 0 spiro atoms. The Balaban J connectivity index is 1.78. The summed E-state index contributed by atoms with van der Waals surface area (Å²) in [7, 11) is 0. The molecule has 23 heavy (non-hydrogen) atoms. The van der Waals surface area contributed by atoms with Gasteiger partial charge in [-0.3, -0.25) is 5.32 Å². The van der Waals surface area contributed by atoms with Gasteiger partial charge in [-0.15, -0.1) is 0 Å². The number of aromatic nitrogens is 6. The quantitative estimate of drug-likeness (QED) is 0.747. The van der Waals surface area contributed by atoms with E-state index in [0.717, 1.165) is 17.0 Å². The predicted molar refractivity (Wildman–Crippen MR) is 87.7 cm³/mol. The van der Waals surface area contributed by atoms with Crippen LogP contribution < -0.4 is 10.6 Å². The van der Waals surface area contributed by atoms with Gasteiger partial charge in [-0.25, -0.2) is 15.0 Å². The third-order valence-electron chi connectivity index (χ3n) is 3.69. The normalized spacial score (nSPS) is 14.4. The fraction of sp³-hybridized carbons (Fsp3) is 0.400. The first-order valence-corrected chi connectivity index (χ1v) is 7.76. The van der Waals surface area contributed by atoms with Gasteiger partial charge in [-0.1, -0.05) is 0 Å². The van der Waals surface area contributed by atoms with Crippen LogP contribution in [-0.2, 0) is 0 Å². The smallest absolute Gasteiger partial charge is 0.233 e. The highest BCUT2D eigenvalue weighted by molar-refractivity contribution is 5.85. The number of nitrogens with zero attached hydrogens (tertiary/aromatic N) is 6. The van der Waals surface area contributed by atoms with Crippen LogP contribution in [0.1, 0.15) is 32.7 Å². The summed E-state index contributed by atoms with van der Waals surface area (Å²) < 4.78 is 2.03. The molecule has 3 aromatic rings. The zero-order valence-electron chi connectivity index (χ0n) is 13.1. The van der Waals surface area contributed by atoms with Crippen LogP contribution in [0.4, 0.5) is 17.7 Å². The zero-order chi connectivity index (χ0) is 15.8. The standard InChI is InChI=1S/C15H18N8/c1-9(2)23-8-18-11-12(19-10-4-5-10)20-15(21-13(11)23)22-14-16-6-3-7-17-14/h3,6-10H,4-5H2,1-2H3,(H2,16,17,19,20,21,22). The second-order valence-corrected chi connectivity index (χ2v) is 5.93. The average molecular weight is 310 g/mol. The molecule has 0 atom stereocenters. The van der Waals surface area contributed by atoms with E-state index in [2.05, 4.69) is 49.4 Å². The molecule has 0 saturated heterocycles. The Morgan fingerprint density at radius 1 is 1.09 bits per heavy atom. The molecule has 0 unspecified atom stereocenters. The first-order chi connectivity index (χ1) is 11.2. The molecule has 0 amide bonds. The average Bonchev–Trinajstić information content (AvgIpc) is 3.24. The van der Waals surface area contributed by atoms with Crippen molar-refractivity contribution >= 4 is 28.9 Å². The number of hydrogen-bond donors (Lipinski definition) is 2. The molecule has 1 aliphatic carbocycles. The summed E-state index contributed by atoms with van der Waals surface area (Å²) in [6.45, 7) is 4.20. The molecule has 0 aromatic carbocycles. The van der Waals surface area contributed by atoms with E-state index in [1.807, 2.05) is 10.9 Å². The van der Waals surface area contributed by atoms with Gasteiger partial charge in [0.05, 0.1) is 6.33 Å². The number of anilines is 3. The lowest BCUT2D eigenvalue weighted by Crippen LogP contribution is -2.09. The molecule has 3 aromatic heterocycles. The molecular weight excluding hydrogens is 292 g/mol. The molecule has 1 fully saturated rings. The van der Waals surface area contributed by atoms with Crippen molar-refractivity contribution in [2.24, 2.45) is 0 Å². The summed E-state index contributed by atoms with van der Waals surface area (Å²) >= 11 is 0. The summed E-state index contributed by atoms with van der Waals surface area (Å²) in [4.78, 5) is 22.0. The van der Waals surface area contributed by atoms with Gasteiger partial charge in [0.1, 0.15) is 0 Å². The Kier molecular flexibility index (Phi) is 3.29. The Bertz CT molecular complexity index is 822. The van der Waals surface area contributed by atoms with E-state index in [4.69, 9.17) is 0 Å². The number of nitrogens with one attached hydrogen (secondary N) is 2. The fourth-order valence-corrected chi connectivity index (χ4v) is 2.34. The fourth-order valence-electron chi connectivity index (χ4n) is 2.34. The summed E-state index contributed by atoms with van der Waals surface area (Å²) in [6.07, 6.45) is 7.50. The molecule has 4 rings (SSSR count). The predicted octanol–water partition coefficient (Wildman–Crippen LogP) is 2.52. The van der Waals surface area contributed by atoms with E-state index >= 15 is 0 Å². The van der Waals surface area contributed by atoms with Gasteiger partial charge >= 0.3 is 0 Å². The molecule has 0 radical (unpaired) electrons. The van der Waals surface area contributed by atoms with Crippen molar-refractivity contribution in [1.82, 2.24) is 29.5 Å². The van der Waals surface area contributed by atoms with Crippen molar-refractivity contribution in [1.29, 1.82) is 0 Å². The molecule has 2 N–H and O–H groups in total. The third-order valence-corrected chi connectivity index (χ3v) is 3.69. The Morgan fingerprint density at radius 3 is 2.57 bits per heavy atom. The maximum Gasteiger partial charge on any atom is 0.233 e. The number of imidazole rings is 1. The zero-order valence-corrected chi connectivity index (χ0v) is 13.1. The van der Waals surface area contributed by atoms with Crippen LogP contribution in [0, 0.1) is 0 Å². The SMILES string of the molecule is CC(C)n1cnc2c(NC3CC3)nc(Nc3ncccn3)nc21. The summed E-state index contributed by atoms with van der Waals surface area (Å²) in [5.41, 5.74) is 1.60. The van der Waals surface area contributed by atoms with Crippen molar-refractivity contribution in [3.05, 3.63) is 24.8 Å². The van der Waals surface area contributed by atoms with Crippen molar-refractivity contribution < 1.29 is 0 Å². The van der Waals surface area contributed by atoms with Gasteiger partial charge in [-0.2, -0.15) is 9.97 Å². The minimum absolute atomic E-state index is 0.268. The second-order valence-electron chi connectivity index (χ2n) is 5.93. The van der Waals surface area contributed by atoms with Crippen LogP contribution in [-0.4, -0.2) is 35.5 Å². The second kappa shape index (κ2) is 5.45. The van der Waals surface area contributed by atoms with Gasteiger partial charge in [0, 0.05) is 24.5 Å². The van der Waals surface area contributed by atoms with Crippen LogP contribution >= 0.6 is 0 Å². The molecule has 1 aliphatic rings. The highest BCUT2D eigenvalue weighted by Gasteiger charge is 2.24. The Labute approximate surface area is 133 Å². The van der Waals surface area contributed by atoms with E-state index in [1.54, 1.807) is 18.5 Å². The maximum atomic E-state index is 4.60. The molecule has 0 bridgehead atoms. The van der Waals surface area contributed by atoms with E-state index in [9.17, 15) is 0 Å². The Morgan fingerprint density at radius 2 is 1.87 bits per heavy atom. The molecular formula is C15H18N8. The third kappa shape index (κ3) is 2.79. The lowest BCUT2D eigenvalue weighted by atomic mass is 10.4. The lowest BCUT2D eigenvalue weighted by molar-refractivity contribution is 0.613. The molecule has 1 saturated carbocycles. The van der Waals surface area contributed by atoms with Crippen LogP contribution in [0.3, 0.4) is 0 Å². The van der Waals surface area contributed by atoms with E-state index in [0.29, 0.717) is 17.9 Å². The van der Waals surface area contributed by atoms with Crippen LogP contribution in [0.2, 0.25) is 0 Å². The van der Waals surface area contributed by atoms with E-state index in [-0.39, 0.29) is 6.04 Å². The van der Waals surface area contributed by atoms with Crippen LogP contribution in [0.15, 0.2) is 24.8 Å². The summed E-state index contributed by atoms with van der Waals surface area (Å²) in [5.74, 6) is 1.70. The lowest BCUT2D eigenvalue weighted by Gasteiger charge is -2.11. The topological polar surface area (TPSA) is 93.4 Å².